The number of rotatable bonds is 1. The number of furan rings is 1. The highest BCUT2D eigenvalue weighted by atomic mass is 16.5. The molecule has 4 heteroatoms. The van der Waals surface area contributed by atoms with E-state index in [-0.39, 0.29) is 0 Å². The third kappa shape index (κ3) is 1.96. The van der Waals surface area contributed by atoms with Crippen molar-refractivity contribution in [3.05, 3.63) is 36.8 Å². The molecule has 0 unspecified atom stereocenters. The second kappa shape index (κ2) is 4.87. The van der Waals surface area contributed by atoms with Crippen LogP contribution in [-0.2, 0) is 0 Å². The van der Waals surface area contributed by atoms with Gasteiger partial charge in [-0.15, -0.1) is 0 Å². The lowest BCUT2D eigenvalue weighted by Crippen LogP contribution is -2.51. The highest BCUT2D eigenvalue weighted by molar-refractivity contribution is 5.72. The van der Waals surface area contributed by atoms with Gasteiger partial charge in [0.05, 0.1) is 24.8 Å². The molecule has 0 amide bonds. The molecule has 0 radical (unpaired) electrons. The Bertz CT molecular complexity index is 595. The standard InChI is InChI=1S/C16H18N2O2/c1-2-16-15(9-12(1)13-3-7-19-11-13)18-6-5-17-10-14(18)4-8-20-16/h1-3,7,9,11,14,17H,4-6,8,10H2/t14-/m0/s1. The molecule has 1 aromatic heterocycles. The summed E-state index contributed by atoms with van der Waals surface area (Å²) >= 11 is 0. The first-order valence-electron chi connectivity index (χ1n) is 7.18. The lowest BCUT2D eigenvalue weighted by Gasteiger charge is -2.36. The van der Waals surface area contributed by atoms with E-state index in [9.17, 15) is 0 Å². The molecule has 104 valence electrons. The van der Waals surface area contributed by atoms with Crippen molar-refractivity contribution >= 4 is 5.69 Å². The van der Waals surface area contributed by atoms with E-state index in [4.69, 9.17) is 9.15 Å². The van der Waals surface area contributed by atoms with Crippen molar-refractivity contribution in [2.45, 2.75) is 12.5 Å². The summed E-state index contributed by atoms with van der Waals surface area (Å²) in [6.45, 7) is 3.90. The van der Waals surface area contributed by atoms with Gasteiger partial charge < -0.3 is 19.4 Å². The van der Waals surface area contributed by atoms with E-state index in [1.165, 1.54) is 11.3 Å². The van der Waals surface area contributed by atoms with E-state index in [1.54, 1.807) is 12.5 Å². The fourth-order valence-corrected chi connectivity index (χ4v) is 3.11. The molecular formula is C16H18N2O2. The Morgan fingerprint density at radius 2 is 2.20 bits per heavy atom. The van der Waals surface area contributed by atoms with Gasteiger partial charge in [-0.2, -0.15) is 0 Å². The van der Waals surface area contributed by atoms with Crippen LogP contribution in [0.1, 0.15) is 6.42 Å². The number of hydrogen-bond acceptors (Lipinski definition) is 4. The first-order valence-corrected chi connectivity index (χ1v) is 7.18. The Morgan fingerprint density at radius 1 is 1.20 bits per heavy atom. The Morgan fingerprint density at radius 3 is 3.10 bits per heavy atom. The van der Waals surface area contributed by atoms with E-state index in [0.717, 1.165) is 44.0 Å². The van der Waals surface area contributed by atoms with Crippen LogP contribution in [0.3, 0.4) is 0 Å². The zero-order chi connectivity index (χ0) is 13.4. The Balaban J connectivity index is 1.78. The topological polar surface area (TPSA) is 37.6 Å². The molecule has 4 rings (SSSR count). The number of hydrogen-bond donors (Lipinski definition) is 1. The van der Waals surface area contributed by atoms with Gasteiger partial charge in [0.2, 0.25) is 0 Å². The van der Waals surface area contributed by atoms with Crippen molar-refractivity contribution in [2.24, 2.45) is 0 Å². The summed E-state index contributed by atoms with van der Waals surface area (Å²) in [7, 11) is 0. The normalized spacial score (nSPS) is 21.6. The van der Waals surface area contributed by atoms with Gasteiger partial charge in [0, 0.05) is 37.7 Å². The quantitative estimate of drug-likeness (QED) is 0.864. The molecule has 20 heavy (non-hydrogen) atoms. The molecule has 1 N–H and O–H groups in total. The van der Waals surface area contributed by atoms with Crippen LogP contribution in [0, 0.1) is 0 Å². The molecule has 0 spiro atoms. The number of ether oxygens (including phenoxy) is 1. The molecule has 2 aliphatic rings. The van der Waals surface area contributed by atoms with Gasteiger partial charge in [-0.1, -0.05) is 6.07 Å². The summed E-state index contributed by atoms with van der Waals surface area (Å²) in [5, 5.41) is 3.47. The summed E-state index contributed by atoms with van der Waals surface area (Å²) in [4.78, 5) is 2.49. The van der Waals surface area contributed by atoms with Gasteiger partial charge in [-0.25, -0.2) is 0 Å². The summed E-state index contributed by atoms with van der Waals surface area (Å²) in [5.41, 5.74) is 3.51. The van der Waals surface area contributed by atoms with Crippen LogP contribution in [0.5, 0.6) is 5.75 Å². The number of fused-ring (bicyclic) bond motifs is 3. The van der Waals surface area contributed by atoms with Crippen molar-refractivity contribution < 1.29 is 9.15 Å². The predicted octanol–water partition coefficient (Wildman–Crippen LogP) is 2.51. The molecular weight excluding hydrogens is 252 g/mol. The average molecular weight is 270 g/mol. The third-order valence-electron chi connectivity index (χ3n) is 4.18. The molecule has 0 saturated carbocycles. The fraction of sp³-hybridized carbons (Fsp3) is 0.375. The Hall–Kier alpha value is -1.94. The molecule has 0 aliphatic carbocycles. The lowest BCUT2D eigenvalue weighted by atomic mass is 10.1. The van der Waals surface area contributed by atoms with Gasteiger partial charge in [0.15, 0.2) is 0 Å². The van der Waals surface area contributed by atoms with Crippen molar-refractivity contribution in [3.63, 3.8) is 0 Å². The van der Waals surface area contributed by atoms with Crippen molar-refractivity contribution in [2.75, 3.05) is 31.1 Å². The van der Waals surface area contributed by atoms with Crippen molar-refractivity contribution in [1.82, 2.24) is 5.32 Å². The third-order valence-corrected chi connectivity index (χ3v) is 4.18. The van der Waals surface area contributed by atoms with Gasteiger partial charge in [-0.05, 0) is 23.8 Å². The van der Waals surface area contributed by atoms with E-state index >= 15 is 0 Å². The summed E-state index contributed by atoms with van der Waals surface area (Å²) in [5.74, 6) is 1.00. The number of nitrogens with zero attached hydrogens (tertiary/aromatic N) is 1. The van der Waals surface area contributed by atoms with Crippen molar-refractivity contribution in [3.8, 4) is 16.9 Å². The van der Waals surface area contributed by atoms with Gasteiger partial charge in [0.1, 0.15) is 5.75 Å². The summed E-state index contributed by atoms with van der Waals surface area (Å²) in [6, 6.07) is 8.94. The van der Waals surface area contributed by atoms with Crippen LogP contribution in [0.2, 0.25) is 0 Å². The van der Waals surface area contributed by atoms with Crippen LogP contribution < -0.4 is 15.0 Å². The van der Waals surface area contributed by atoms with Gasteiger partial charge >= 0.3 is 0 Å². The van der Waals surface area contributed by atoms with Gasteiger partial charge in [-0.3, -0.25) is 0 Å². The molecule has 1 aromatic carbocycles. The minimum Gasteiger partial charge on any atom is -0.491 e. The monoisotopic (exact) mass is 270 g/mol. The number of anilines is 1. The van der Waals surface area contributed by atoms with E-state index in [2.05, 4.69) is 28.4 Å². The summed E-state index contributed by atoms with van der Waals surface area (Å²) < 4.78 is 11.1. The maximum atomic E-state index is 5.92. The van der Waals surface area contributed by atoms with E-state index < -0.39 is 0 Å². The maximum Gasteiger partial charge on any atom is 0.142 e. The largest absolute Gasteiger partial charge is 0.491 e. The second-order valence-corrected chi connectivity index (χ2v) is 5.38. The number of piperazine rings is 1. The first kappa shape index (κ1) is 11.9. The van der Waals surface area contributed by atoms with Crippen LogP contribution in [0.15, 0.2) is 41.2 Å². The van der Waals surface area contributed by atoms with Crippen LogP contribution in [0.4, 0.5) is 5.69 Å². The second-order valence-electron chi connectivity index (χ2n) is 5.38. The zero-order valence-electron chi connectivity index (χ0n) is 11.3. The van der Waals surface area contributed by atoms with Gasteiger partial charge in [0.25, 0.3) is 0 Å². The molecule has 2 aliphatic heterocycles. The predicted molar refractivity (Wildman–Crippen MR) is 78.3 cm³/mol. The van der Waals surface area contributed by atoms with E-state index in [0.29, 0.717) is 6.04 Å². The fourth-order valence-electron chi connectivity index (χ4n) is 3.11. The SMILES string of the molecule is c1cc(-c2ccc3c(c2)N2CCNC[C@@H]2CCO3)co1. The number of benzene rings is 1. The Kier molecular flexibility index (Phi) is 2.89. The lowest BCUT2D eigenvalue weighted by molar-refractivity contribution is 0.304. The summed E-state index contributed by atoms with van der Waals surface area (Å²) in [6.07, 6.45) is 4.57. The molecule has 1 fully saturated rings. The molecule has 4 nitrogen and oxygen atoms in total. The molecule has 2 aromatic rings. The molecule has 1 saturated heterocycles. The highest BCUT2D eigenvalue weighted by Gasteiger charge is 2.27. The number of nitrogens with one attached hydrogen (secondary N) is 1. The zero-order valence-corrected chi connectivity index (χ0v) is 11.3. The first-order chi connectivity index (χ1) is 9.92. The molecule has 1 atom stereocenters. The average Bonchev–Trinajstić information content (AvgIpc) is 2.96. The van der Waals surface area contributed by atoms with Crippen LogP contribution in [-0.4, -0.2) is 32.3 Å². The molecule has 0 bridgehead atoms. The minimum absolute atomic E-state index is 0.532. The van der Waals surface area contributed by atoms with E-state index in [1.807, 2.05) is 6.07 Å². The van der Waals surface area contributed by atoms with Crippen LogP contribution in [0.25, 0.3) is 11.1 Å². The molecule has 3 heterocycles. The highest BCUT2D eigenvalue weighted by Crippen LogP contribution is 2.37. The Labute approximate surface area is 118 Å². The van der Waals surface area contributed by atoms with Crippen LogP contribution >= 0.6 is 0 Å². The minimum atomic E-state index is 0.532. The van der Waals surface area contributed by atoms with Crippen molar-refractivity contribution in [1.29, 1.82) is 0 Å². The maximum absolute atomic E-state index is 5.92. The smallest absolute Gasteiger partial charge is 0.142 e.